The van der Waals surface area contributed by atoms with Crippen LogP contribution in [0, 0.1) is 5.82 Å². The standard InChI is InChI=1S/C13H14Br2FN3/c1-7(2)19-13(10(15)6-18-19)12(17)9-4-3-8(14)5-11(9)16/h3-7,12H,17H2,1-2H3. The van der Waals surface area contributed by atoms with E-state index in [2.05, 4.69) is 37.0 Å². The molecule has 1 heterocycles. The summed E-state index contributed by atoms with van der Waals surface area (Å²) in [5, 5.41) is 4.27. The molecule has 3 nitrogen and oxygen atoms in total. The van der Waals surface area contributed by atoms with Crippen molar-refractivity contribution in [1.82, 2.24) is 9.78 Å². The Morgan fingerprint density at radius 2 is 2.00 bits per heavy atom. The van der Waals surface area contributed by atoms with Crippen LogP contribution in [0.15, 0.2) is 33.3 Å². The minimum absolute atomic E-state index is 0.158. The second-order valence-corrected chi connectivity index (χ2v) is 6.33. The van der Waals surface area contributed by atoms with Crippen LogP contribution in [-0.2, 0) is 0 Å². The van der Waals surface area contributed by atoms with Gasteiger partial charge >= 0.3 is 0 Å². The lowest BCUT2D eigenvalue weighted by Crippen LogP contribution is -2.20. The normalized spacial score (nSPS) is 13.0. The molecular formula is C13H14Br2FN3. The van der Waals surface area contributed by atoms with Gasteiger partial charge in [0.15, 0.2) is 0 Å². The molecule has 1 aromatic heterocycles. The average Bonchev–Trinajstić information content (AvgIpc) is 2.70. The van der Waals surface area contributed by atoms with Gasteiger partial charge < -0.3 is 5.73 Å². The lowest BCUT2D eigenvalue weighted by atomic mass is 10.0. The van der Waals surface area contributed by atoms with Gasteiger partial charge in [-0.15, -0.1) is 0 Å². The molecule has 0 spiro atoms. The van der Waals surface area contributed by atoms with Crippen LogP contribution >= 0.6 is 31.9 Å². The van der Waals surface area contributed by atoms with E-state index in [1.807, 2.05) is 13.8 Å². The van der Waals surface area contributed by atoms with E-state index in [-0.39, 0.29) is 11.9 Å². The molecule has 102 valence electrons. The van der Waals surface area contributed by atoms with Gasteiger partial charge in [0, 0.05) is 16.1 Å². The molecular weight excluding hydrogens is 377 g/mol. The quantitative estimate of drug-likeness (QED) is 0.854. The van der Waals surface area contributed by atoms with Crippen molar-refractivity contribution in [3.8, 4) is 0 Å². The number of halogens is 3. The van der Waals surface area contributed by atoms with Crippen LogP contribution in [0.25, 0.3) is 0 Å². The van der Waals surface area contributed by atoms with Crippen LogP contribution in [-0.4, -0.2) is 9.78 Å². The Hall–Kier alpha value is -0.720. The van der Waals surface area contributed by atoms with Gasteiger partial charge in [0.1, 0.15) is 5.82 Å². The Morgan fingerprint density at radius 1 is 1.32 bits per heavy atom. The summed E-state index contributed by atoms with van der Waals surface area (Å²) in [4.78, 5) is 0. The molecule has 0 amide bonds. The Balaban J connectivity index is 2.49. The summed E-state index contributed by atoms with van der Waals surface area (Å²) in [7, 11) is 0. The summed E-state index contributed by atoms with van der Waals surface area (Å²) in [6.07, 6.45) is 1.69. The number of hydrogen-bond acceptors (Lipinski definition) is 2. The Bertz CT molecular complexity index is 596. The van der Waals surface area contributed by atoms with Gasteiger partial charge in [-0.05, 0) is 41.9 Å². The van der Waals surface area contributed by atoms with Crippen molar-refractivity contribution in [2.24, 2.45) is 5.73 Å². The highest BCUT2D eigenvalue weighted by Gasteiger charge is 2.22. The molecule has 6 heteroatoms. The maximum atomic E-state index is 14.0. The maximum Gasteiger partial charge on any atom is 0.129 e. The molecule has 1 unspecified atom stereocenters. The second kappa shape index (κ2) is 5.73. The molecule has 0 radical (unpaired) electrons. The summed E-state index contributed by atoms with van der Waals surface area (Å²) < 4.78 is 17.3. The fourth-order valence-electron chi connectivity index (χ4n) is 1.95. The minimum atomic E-state index is -0.563. The molecule has 1 aromatic carbocycles. The van der Waals surface area contributed by atoms with Crippen molar-refractivity contribution < 1.29 is 4.39 Å². The number of aromatic nitrogens is 2. The third-order valence-corrected chi connectivity index (χ3v) is 3.97. The second-order valence-electron chi connectivity index (χ2n) is 4.56. The zero-order valence-corrected chi connectivity index (χ0v) is 13.7. The van der Waals surface area contributed by atoms with Gasteiger partial charge in [0.05, 0.1) is 22.4 Å². The fraction of sp³-hybridized carbons (Fsp3) is 0.308. The third-order valence-electron chi connectivity index (χ3n) is 2.87. The molecule has 0 fully saturated rings. The lowest BCUT2D eigenvalue weighted by Gasteiger charge is -2.18. The summed E-state index contributed by atoms with van der Waals surface area (Å²) in [6, 6.07) is 4.48. The first-order valence-electron chi connectivity index (χ1n) is 5.85. The van der Waals surface area contributed by atoms with Gasteiger partial charge in [0.25, 0.3) is 0 Å². The summed E-state index contributed by atoms with van der Waals surface area (Å²) >= 11 is 6.67. The van der Waals surface area contributed by atoms with Crippen LogP contribution in [0.1, 0.15) is 37.2 Å². The molecule has 0 saturated carbocycles. The van der Waals surface area contributed by atoms with E-state index in [0.717, 1.165) is 10.2 Å². The molecule has 2 N–H and O–H groups in total. The van der Waals surface area contributed by atoms with Gasteiger partial charge in [-0.1, -0.05) is 22.0 Å². The zero-order valence-electron chi connectivity index (χ0n) is 10.6. The summed E-state index contributed by atoms with van der Waals surface area (Å²) in [5.74, 6) is -0.328. The molecule has 0 saturated heterocycles. The first kappa shape index (κ1) is 14.7. The Labute approximate surface area is 128 Å². The minimum Gasteiger partial charge on any atom is -0.319 e. The molecule has 19 heavy (non-hydrogen) atoms. The Kier molecular flexibility index (Phi) is 4.43. The number of hydrogen-bond donors (Lipinski definition) is 1. The van der Waals surface area contributed by atoms with Crippen molar-refractivity contribution in [2.45, 2.75) is 25.9 Å². The van der Waals surface area contributed by atoms with Crippen molar-refractivity contribution >= 4 is 31.9 Å². The topological polar surface area (TPSA) is 43.8 Å². The predicted octanol–water partition coefficient (Wildman–Crippen LogP) is 4.18. The molecule has 0 aliphatic heterocycles. The van der Waals surface area contributed by atoms with Crippen LogP contribution in [0.4, 0.5) is 4.39 Å². The van der Waals surface area contributed by atoms with Crippen molar-refractivity contribution in [3.05, 3.63) is 50.4 Å². The monoisotopic (exact) mass is 389 g/mol. The highest BCUT2D eigenvalue weighted by Crippen LogP contribution is 2.30. The highest BCUT2D eigenvalue weighted by atomic mass is 79.9. The first-order valence-corrected chi connectivity index (χ1v) is 7.44. The van der Waals surface area contributed by atoms with Gasteiger partial charge in [0.2, 0.25) is 0 Å². The maximum absolute atomic E-state index is 14.0. The fourth-order valence-corrected chi connectivity index (χ4v) is 2.81. The van der Waals surface area contributed by atoms with Crippen LogP contribution in [0.5, 0.6) is 0 Å². The van der Waals surface area contributed by atoms with Crippen molar-refractivity contribution in [1.29, 1.82) is 0 Å². The van der Waals surface area contributed by atoms with E-state index in [0.29, 0.717) is 10.0 Å². The van der Waals surface area contributed by atoms with Gasteiger partial charge in [-0.25, -0.2) is 4.39 Å². The lowest BCUT2D eigenvalue weighted by molar-refractivity contribution is 0.493. The van der Waals surface area contributed by atoms with Gasteiger partial charge in [-0.2, -0.15) is 5.10 Å². The largest absolute Gasteiger partial charge is 0.319 e. The Morgan fingerprint density at radius 3 is 2.58 bits per heavy atom. The molecule has 2 aromatic rings. The first-order chi connectivity index (χ1) is 8.91. The third kappa shape index (κ3) is 2.90. The van der Waals surface area contributed by atoms with Crippen LogP contribution in [0.3, 0.4) is 0 Å². The van der Waals surface area contributed by atoms with Crippen molar-refractivity contribution in [2.75, 3.05) is 0 Å². The van der Waals surface area contributed by atoms with E-state index in [1.165, 1.54) is 6.07 Å². The van der Waals surface area contributed by atoms with E-state index < -0.39 is 6.04 Å². The molecule has 2 rings (SSSR count). The van der Waals surface area contributed by atoms with E-state index >= 15 is 0 Å². The molecule has 0 aliphatic rings. The SMILES string of the molecule is CC(C)n1ncc(Br)c1C(N)c1ccc(Br)cc1F. The predicted molar refractivity (Wildman–Crippen MR) is 80.4 cm³/mol. The molecule has 0 bridgehead atoms. The van der Waals surface area contributed by atoms with E-state index in [4.69, 9.17) is 5.73 Å². The number of rotatable bonds is 3. The van der Waals surface area contributed by atoms with Crippen LogP contribution < -0.4 is 5.73 Å². The smallest absolute Gasteiger partial charge is 0.129 e. The summed E-state index contributed by atoms with van der Waals surface area (Å²) in [5.41, 5.74) is 7.43. The highest BCUT2D eigenvalue weighted by molar-refractivity contribution is 9.10. The molecule has 0 aliphatic carbocycles. The van der Waals surface area contributed by atoms with E-state index in [9.17, 15) is 4.39 Å². The van der Waals surface area contributed by atoms with Gasteiger partial charge in [-0.3, -0.25) is 4.68 Å². The van der Waals surface area contributed by atoms with E-state index in [1.54, 1.807) is 23.0 Å². The number of nitrogens with zero attached hydrogens (tertiary/aromatic N) is 2. The zero-order chi connectivity index (χ0) is 14.2. The number of benzene rings is 1. The molecule has 1 atom stereocenters. The number of nitrogens with two attached hydrogens (primary N) is 1. The summed E-state index contributed by atoms with van der Waals surface area (Å²) in [6.45, 7) is 4.02. The van der Waals surface area contributed by atoms with Crippen molar-refractivity contribution in [3.63, 3.8) is 0 Å². The van der Waals surface area contributed by atoms with Crippen LogP contribution in [0.2, 0.25) is 0 Å². The average molecular weight is 391 g/mol.